The van der Waals surface area contributed by atoms with Crippen molar-refractivity contribution < 1.29 is 18.3 Å². The van der Waals surface area contributed by atoms with E-state index in [0.29, 0.717) is 26.1 Å². The lowest BCUT2D eigenvalue weighted by atomic mass is 10.3. The van der Waals surface area contributed by atoms with Crippen molar-refractivity contribution in [1.29, 1.82) is 0 Å². The van der Waals surface area contributed by atoms with Crippen LogP contribution in [0.3, 0.4) is 0 Å². The highest BCUT2D eigenvalue weighted by Gasteiger charge is 2.34. The van der Waals surface area contributed by atoms with E-state index in [0.717, 1.165) is 12.5 Å². The summed E-state index contributed by atoms with van der Waals surface area (Å²) < 4.78 is 38.5. The first-order valence-corrected chi connectivity index (χ1v) is 6.53. The summed E-state index contributed by atoms with van der Waals surface area (Å²) in [6.07, 6.45) is -3.74. The minimum Gasteiger partial charge on any atom is -0.391 e. The summed E-state index contributed by atoms with van der Waals surface area (Å²) in [5.41, 5.74) is -0.970. The fourth-order valence-corrected chi connectivity index (χ4v) is 2.01. The third-order valence-corrected chi connectivity index (χ3v) is 3.02. The first-order valence-electron chi connectivity index (χ1n) is 6.53. The van der Waals surface area contributed by atoms with Crippen LogP contribution in [0.5, 0.6) is 0 Å². The van der Waals surface area contributed by atoms with Gasteiger partial charge in [-0.05, 0) is 12.8 Å². The van der Waals surface area contributed by atoms with Crippen LogP contribution >= 0.6 is 0 Å². The summed E-state index contributed by atoms with van der Waals surface area (Å²) in [5, 5.41) is 12.2. The second kappa shape index (κ2) is 5.82. The van der Waals surface area contributed by atoms with Crippen LogP contribution in [-0.2, 0) is 6.18 Å². The van der Waals surface area contributed by atoms with Crippen molar-refractivity contribution in [3.63, 3.8) is 0 Å². The number of halogens is 3. The van der Waals surface area contributed by atoms with Crippen LogP contribution in [0.4, 0.5) is 24.9 Å². The summed E-state index contributed by atoms with van der Waals surface area (Å²) in [6, 6.07) is 0.926. The molecule has 1 aliphatic rings. The average Bonchev–Trinajstić information content (AvgIpc) is 2.82. The van der Waals surface area contributed by atoms with Crippen molar-refractivity contribution >= 4 is 11.8 Å². The molecule has 1 aliphatic heterocycles. The van der Waals surface area contributed by atoms with E-state index in [9.17, 15) is 18.3 Å². The molecule has 0 aromatic carbocycles. The van der Waals surface area contributed by atoms with E-state index < -0.39 is 18.0 Å². The molecule has 2 N–H and O–H groups in total. The molecule has 0 amide bonds. The van der Waals surface area contributed by atoms with E-state index >= 15 is 0 Å². The predicted molar refractivity (Wildman–Crippen MR) is 68.7 cm³/mol. The van der Waals surface area contributed by atoms with Crippen LogP contribution in [0.15, 0.2) is 6.07 Å². The Labute approximate surface area is 114 Å². The Kier molecular flexibility index (Phi) is 4.32. The van der Waals surface area contributed by atoms with E-state index in [1.807, 2.05) is 6.92 Å². The van der Waals surface area contributed by atoms with E-state index in [1.165, 1.54) is 0 Å². The first kappa shape index (κ1) is 14.8. The van der Waals surface area contributed by atoms with E-state index in [4.69, 9.17) is 0 Å². The second-order valence-electron chi connectivity index (χ2n) is 4.75. The highest BCUT2D eigenvalue weighted by atomic mass is 19.4. The lowest BCUT2D eigenvalue weighted by Crippen LogP contribution is -2.24. The van der Waals surface area contributed by atoms with Gasteiger partial charge in [-0.1, -0.05) is 6.92 Å². The first-order chi connectivity index (χ1) is 9.40. The Balaban J connectivity index is 2.30. The van der Waals surface area contributed by atoms with Crippen molar-refractivity contribution in [2.75, 3.05) is 29.9 Å². The monoisotopic (exact) mass is 290 g/mol. The lowest BCUT2D eigenvalue weighted by molar-refractivity contribution is -0.141. The van der Waals surface area contributed by atoms with Gasteiger partial charge in [-0.2, -0.15) is 18.2 Å². The second-order valence-corrected chi connectivity index (χ2v) is 4.75. The van der Waals surface area contributed by atoms with Crippen LogP contribution in [-0.4, -0.2) is 40.8 Å². The van der Waals surface area contributed by atoms with E-state index in [1.54, 1.807) is 4.90 Å². The normalized spacial score (nSPS) is 19.4. The van der Waals surface area contributed by atoms with Gasteiger partial charge < -0.3 is 15.3 Å². The number of anilines is 2. The molecule has 8 heteroatoms. The molecule has 2 heterocycles. The number of aromatic nitrogens is 2. The Morgan fingerprint density at radius 2 is 2.20 bits per heavy atom. The van der Waals surface area contributed by atoms with Gasteiger partial charge in [0.25, 0.3) is 0 Å². The standard InChI is InChI=1S/C12H17F3N4O/c1-2-4-16-11-17-9(12(13,14)15)6-10(18-11)19-5-3-8(20)7-19/h6,8,20H,2-5,7H2,1H3,(H,16,17,18). The van der Waals surface area contributed by atoms with Crippen molar-refractivity contribution in [2.24, 2.45) is 0 Å². The predicted octanol–water partition coefficient (Wildman–Crippen LogP) is 1.89. The van der Waals surface area contributed by atoms with Gasteiger partial charge in [0.15, 0.2) is 5.69 Å². The molecule has 0 aliphatic carbocycles. The maximum Gasteiger partial charge on any atom is 0.433 e. The zero-order chi connectivity index (χ0) is 14.8. The van der Waals surface area contributed by atoms with Gasteiger partial charge >= 0.3 is 6.18 Å². The van der Waals surface area contributed by atoms with Crippen LogP contribution < -0.4 is 10.2 Å². The smallest absolute Gasteiger partial charge is 0.391 e. The molecule has 2 rings (SSSR count). The summed E-state index contributed by atoms with van der Waals surface area (Å²) in [6.45, 7) is 3.19. The fraction of sp³-hybridized carbons (Fsp3) is 0.667. The zero-order valence-corrected chi connectivity index (χ0v) is 11.1. The Morgan fingerprint density at radius 3 is 2.75 bits per heavy atom. The number of nitrogens with one attached hydrogen (secondary N) is 1. The quantitative estimate of drug-likeness (QED) is 0.886. The summed E-state index contributed by atoms with van der Waals surface area (Å²) in [4.78, 5) is 9.23. The number of aliphatic hydroxyl groups excluding tert-OH is 1. The molecule has 0 bridgehead atoms. The van der Waals surface area contributed by atoms with Gasteiger partial charge in [0.2, 0.25) is 5.95 Å². The van der Waals surface area contributed by atoms with Crippen molar-refractivity contribution in [1.82, 2.24) is 9.97 Å². The van der Waals surface area contributed by atoms with Crippen LogP contribution in [0, 0.1) is 0 Å². The van der Waals surface area contributed by atoms with Gasteiger partial charge in [0.05, 0.1) is 6.10 Å². The molecule has 1 fully saturated rings. The molecule has 0 radical (unpaired) electrons. The summed E-state index contributed by atoms with van der Waals surface area (Å²) in [7, 11) is 0. The summed E-state index contributed by atoms with van der Waals surface area (Å²) >= 11 is 0. The van der Waals surface area contributed by atoms with Crippen molar-refractivity contribution in [2.45, 2.75) is 32.0 Å². The molecule has 1 atom stereocenters. The highest BCUT2D eigenvalue weighted by molar-refractivity contribution is 5.46. The van der Waals surface area contributed by atoms with Gasteiger partial charge in [0, 0.05) is 25.7 Å². The molecular formula is C12H17F3N4O. The Hall–Kier alpha value is -1.57. The Bertz CT molecular complexity index is 467. The molecule has 1 saturated heterocycles. The third-order valence-electron chi connectivity index (χ3n) is 3.02. The number of alkyl halides is 3. The number of hydrogen-bond acceptors (Lipinski definition) is 5. The molecule has 0 spiro atoms. The van der Waals surface area contributed by atoms with Crippen LogP contribution in [0.2, 0.25) is 0 Å². The maximum absolute atomic E-state index is 12.8. The third kappa shape index (κ3) is 3.50. The maximum atomic E-state index is 12.8. The largest absolute Gasteiger partial charge is 0.433 e. The minimum atomic E-state index is -4.52. The molecule has 5 nitrogen and oxygen atoms in total. The van der Waals surface area contributed by atoms with Gasteiger partial charge in [-0.25, -0.2) is 4.98 Å². The van der Waals surface area contributed by atoms with Gasteiger partial charge in [-0.3, -0.25) is 0 Å². The zero-order valence-electron chi connectivity index (χ0n) is 11.1. The van der Waals surface area contributed by atoms with Gasteiger partial charge in [-0.15, -0.1) is 0 Å². The molecule has 20 heavy (non-hydrogen) atoms. The fourth-order valence-electron chi connectivity index (χ4n) is 2.01. The average molecular weight is 290 g/mol. The minimum absolute atomic E-state index is 0.0296. The molecule has 1 aromatic heterocycles. The lowest BCUT2D eigenvalue weighted by Gasteiger charge is -2.19. The number of rotatable bonds is 4. The van der Waals surface area contributed by atoms with Crippen molar-refractivity contribution in [3.8, 4) is 0 Å². The number of nitrogens with zero attached hydrogens (tertiary/aromatic N) is 3. The molecule has 0 saturated carbocycles. The van der Waals surface area contributed by atoms with Gasteiger partial charge in [0.1, 0.15) is 5.82 Å². The van der Waals surface area contributed by atoms with E-state index in [2.05, 4.69) is 15.3 Å². The summed E-state index contributed by atoms with van der Waals surface area (Å²) in [5.74, 6) is 0.167. The van der Waals surface area contributed by atoms with Crippen LogP contribution in [0.25, 0.3) is 0 Å². The van der Waals surface area contributed by atoms with E-state index in [-0.39, 0.29) is 11.8 Å². The highest BCUT2D eigenvalue weighted by Crippen LogP contribution is 2.31. The molecule has 112 valence electrons. The molecular weight excluding hydrogens is 273 g/mol. The topological polar surface area (TPSA) is 61.3 Å². The number of β-amino-alcohol motifs (C(OH)–C–C–N with tert-alkyl or cyclic N) is 1. The molecule has 1 unspecified atom stereocenters. The number of hydrogen-bond donors (Lipinski definition) is 2. The SMILES string of the molecule is CCCNc1nc(N2CCC(O)C2)cc(C(F)(F)F)n1. The van der Waals surface area contributed by atoms with Crippen molar-refractivity contribution in [3.05, 3.63) is 11.8 Å². The molecule has 1 aromatic rings. The van der Waals surface area contributed by atoms with Crippen LogP contribution in [0.1, 0.15) is 25.5 Å². The Morgan fingerprint density at radius 1 is 1.45 bits per heavy atom. The number of aliphatic hydroxyl groups is 1.